The lowest BCUT2D eigenvalue weighted by molar-refractivity contribution is 0.495. The largest absolute Gasteiger partial charge is 0.350 e. The van der Waals surface area contributed by atoms with Crippen molar-refractivity contribution in [3.63, 3.8) is 0 Å². The van der Waals surface area contributed by atoms with Gasteiger partial charge in [0.15, 0.2) is 5.65 Å². The predicted molar refractivity (Wildman–Crippen MR) is 130 cm³/mol. The Morgan fingerprint density at radius 2 is 1.91 bits per heavy atom. The Labute approximate surface area is 197 Å². The summed E-state index contributed by atoms with van der Waals surface area (Å²) in [4.78, 5) is 11.8. The highest BCUT2D eigenvalue weighted by molar-refractivity contribution is 5.58. The zero-order valence-corrected chi connectivity index (χ0v) is 19.7. The minimum absolute atomic E-state index is 0.145. The molecule has 0 spiro atoms. The van der Waals surface area contributed by atoms with Crippen LogP contribution in [-0.2, 0) is 12.0 Å². The number of rotatable bonds is 5. The van der Waals surface area contributed by atoms with Gasteiger partial charge in [-0.25, -0.2) is 9.07 Å². The summed E-state index contributed by atoms with van der Waals surface area (Å²) >= 11 is 0. The van der Waals surface area contributed by atoms with E-state index in [-0.39, 0.29) is 23.8 Å². The van der Waals surface area contributed by atoms with E-state index in [1.54, 1.807) is 27.7 Å². The normalized spacial score (nSPS) is 15.3. The second-order valence-electron chi connectivity index (χ2n) is 9.76. The Hall–Kier alpha value is -3.53. The molecule has 178 valence electrons. The Kier molecular flexibility index (Phi) is 5.68. The first-order valence-corrected chi connectivity index (χ1v) is 11.6. The van der Waals surface area contributed by atoms with Crippen LogP contribution in [0.15, 0.2) is 42.9 Å². The van der Waals surface area contributed by atoms with Crippen LogP contribution in [-0.4, -0.2) is 48.5 Å². The molecule has 10 heteroatoms. The van der Waals surface area contributed by atoms with E-state index in [1.165, 1.54) is 6.07 Å². The van der Waals surface area contributed by atoms with Crippen molar-refractivity contribution in [2.45, 2.75) is 51.6 Å². The van der Waals surface area contributed by atoms with Crippen molar-refractivity contribution in [3.8, 4) is 5.69 Å². The van der Waals surface area contributed by atoms with Crippen LogP contribution in [0.25, 0.3) is 11.3 Å². The van der Waals surface area contributed by atoms with E-state index < -0.39 is 0 Å². The van der Waals surface area contributed by atoms with Gasteiger partial charge in [-0.2, -0.15) is 24.7 Å². The summed E-state index contributed by atoms with van der Waals surface area (Å²) < 4.78 is 18.2. The van der Waals surface area contributed by atoms with Crippen LogP contribution >= 0.6 is 0 Å². The highest BCUT2D eigenvalue weighted by atomic mass is 19.1. The van der Waals surface area contributed by atoms with E-state index in [0.29, 0.717) is 23.1 Å². The standard InChI is InChI=1S/C24H30FN9/c1-24(2,3)18-15-29-34-21(18)30-23(32-12-8-16(26)9-13-32)31-22(34)27-14-17-19(25)6-4-7-20(17)33-11-5-10-28-33/h4-7,10-11,15-16H,8-9,12-14,26H2,1-3H3,(H,27,30,31). The number of nitrogens with one attached hydrogen (secondary N) is 1. The summed E-state index contributed by atoms with van der Waals surface area (Å²) in [6.07, 6.45) is 7.09. The molecule has 4 aromatic rings. The smallest absolute Gasteiger partial charge is 0.230 e. The number of nitrogens with zero attached hydrogens (tertiary/aromatic N) is 7. The van der Waals surface area contributed by atoms with E-state index in [1.807, 2.05) is 18.3 Å². The fourth-order valence-corrected chi connectivity index (χ4v) is 4.27. The van der Waals surface area contributed by atoms with Crippen molar-refractivity contribution >= 4 is 17.5 Å². The monoisotopic (exact) mass is 463 g/mol. The van der Waals surface area contributed by atoms with Crippen molar-refractivity contribution in [1.82, 2.24) is 29.4 Å². The molecule has 1 aliphatic heterocycles. The molecule has 0 bridgehead atoms. The number of aromatic nitrogens is 6. The van der Waals surface area contributed by atoms with Crippen LogP contribution in [0.4, 0.5) is 16.3 Å². The lowest BCUT2D eigenvalue weighted by Gasteiger charge is -2.30. The lowest BCUT2D eigenvalue weighted by Crippen LogP contribution is -2.40. The fraction of sp³-hybridized carbons (Fsp3) is 0.417. The van der Waals surface area contributed by atoms with E-state index in [0.717, 1.165) is 37.1 Å². The van der Waals surface area contributed by atoms with Gasteiger partial charge in [-0.15, -0.1) is 0 Å². The van der Waals surface area contributed by atoms with Crippen LogP contribution in [0.5, 0.6) is 0 Å². The number of hydrogen-bond acceptors (Lipinski definition) is 7. The van der Waals surface area contributed by atoms with Crippen molar-refractivity contribution in [3.05, 3.63) is 59.8 Å². The molecule has 1 aromatic carbocycles. The van der Waals surface area contributed by atoms with Crippen LogP contribution in [0.2, 0.25) is 0 Å². The van der Waals surface area contributed by atoms with Crippen molar-refractivity contribution in [1.29, 1.82) is 0 Å². The Bertz CT molecular complexity index is 1280. The van der Waals surface area contributed by atoms with Gasteiger partial charge in [-0.3, -0.25) is 0 Å². The van der Waals surface area contributed by atoms with Crippen molar-refractivity contribution in [2.75, 3.05) is 23.3 Å². The maximum Gasteiger partial charge on any atom is 0.230 e. The van der Waals surface area contributed by atoms with Crippen LogP contribution in [0.3, 0.4) is 0 Å². The first-order chi connectivity index (χ1) is 16.3. The Balaban J connectivity index is 1.54. The maximum atomic E-state index is 14.9. The molecular formula is C24H30FN9. The molecule has 0 amide bonds. The van der Waals surface area contributed by atoms with Crippen molar-refractivity contribution < 1.29 is 4.39 Å². The van der Waals surface area contributed by atoms with Gasteiger partial charge in [0.1, 0.15) is 5.82 Å². The van der Waals surface area contributed by atoms with E-state index >= 15 is 0 Å². The lowest BCUT2D eigenvalue weighted by atomic mass is 9.89. The molecule has 1 aliphatic rings. The summed E-state index contributed by atoms with van der Waals surface area (Å²) in [6, 6.07) is 7.00. The number of piperidine rings is 1. The van der Waals surface area contributed by atoms with Gasteiger partial charge in [0, 0.05) is 49.2 Å². The van der Waals surface area contributed by atoms with Crippen molar-refractivity contribution in [2.24, 2.45) is 5.73 Å². The number of halogens is 1. The quantitative estimate of drug-likeness (QED) is 0.468. The first kappa shape index (κ1) is 22.3. The zero-order chi connectivity index (χ0) is 23.9. The average molecular weight is 464 g/mol. The molecule has 9 nitrogen and oxygen atoms in total. The molecular weight excluding hydrogens is 433 g/mol. The van der Waals surface area contributed by atoms with Gasteiger partial charge in [-0.05, 0) is 36.5 Å². The summed E-state index contributed by atoms with van der Waals surface area (Å²) in [5.74, 6) is 0.834. The van der Waals surface area contributed by atoms with E-state index in [2.05, 4.69) is 41.2 Å². The third-order valence-electron chi connectivity index (χ3n) is 6.26. The van der Waals surface area contributed by atoms with Crippen LogP contribution in [0.1, 0.15) is 44.7 Å². The van der Waals surface area contributed by atoms with Gasteiger partial charge in [-0.1, -0.05) is 26.8 Å². The third-order valence-corrected chi connectivity index (χ3v) is 6.26. The topological polar surface area (TPSA) is 102 Å². The molecule has 0 unspecified atom stereocenters. The van der Waals surface area contributed by atoms with Crippen LogP contribution < -0.4 is 16.0 Å². The number of anilines is 2. The molecule has 1 fully saturated rings. The summed E-state index contributed by atoms with van der Waals surface area (Å²) in [7, 11) is 0. The minimum Gasteiger partial charge on any atom is -0.350 e. The molecule has 4 heterocycles. The molecule has 3 N–H and O–H groups in total. The van der Waals surface area contributed by atoms with Gasteiger partial charge < -0.3 is 16.0 Å². The van der Waals surface area contributed by atoms with Gasteiger partial charge >= 0.3 is 0 Å². The second kappa shape index (κ2) is 8.68. The average Bonchev–Trinajstić information content (AvgIpc) is 3.48. The molecule has 0 saturated carbocycles. The maximum absolute atomic E-state index is 14.9. The molecule has 0 aliphatic carbocycles. The Morgan fingerprint density at radius 3 is 2.62 bits per heavy atom. The number of hydrogen-bond donors (Lipinski definition) is 2. The minimum atomic E-state index is -0.313. The van der Waals surface area contributed by atoms with E-state index in [4.69, 9.17) is 15.7 Å². The van der Waals surface area contributed by atoms with Crippen LogP contribution in [0, 0.1) is 5.82 Å². The molecule has 0 radical (unpaired) electrons. The third kappa shape index (κ3) is 4.21. The molecule has 0 atom stereocenters. The fourth-order valence-electron chi connectivity index (χ4n) is 4.27. The predicted octanol–water partition coefficient (Wildman–Crippen LogP) is 3.29. The molecule has 34 heavy (non-hydrogen) atoms. The van der Waals surface area contributed by atoms with Gasteiger partial charge in [0.25, 0.3) is 0 Å². The van der Waals surface area contributed by atoms with Gasteiger partial charge in [0.2, 0.25) is 11.9 Å². The van der Waals surface area contributed by atoms with E-state index in [9.17, 15) is 4.39 Å². The highest BCUT2D eigenvalue weighted by Gasteiger charge is 2.25. The Morgan fingerprint density at radius 1 is 1.12 bits per heavy atom. The summed E-state index contributed by atoms with van der Waals surface area (Å²) in [5, 5.41) is 12.2. The SMILES string of the molecule is CC(C)(C)c1cnn2c(NCc3c(F)cccc3-n3cccn3)nc(N3CCC(N)CC3)nc12. The molecule has 5 rings (SSSR count). The zero-order valence-electron chi connectivity index (χ0n) is 19.7. The van der Waals surface area contributed by atoms with Gasteiger partial charge in [0.05, 0.1) is 11.9 Å². The highest BCUT2D eigenvalue weighted by Crippen LogP contribution is 2.29. The number of fused-ring (bicyclic) bond motifs is 1. The second-order valence-corrected chi connectivity index (χ2v) is 9.76. The molecule has 3 aromatic heterocycles. The molecule has 1 saturated heterocycles. The summed E-state index contributed by atoms with van der Waals surface area (Å²) in [6.45, 7) is 8.21. The number of nitrogens with two attached hydrogens (primary N) is 1. The summed E-state index contributed by atoms with van der Waals surface area (Å²) in [5.41, 5.74) is 8.89. The number of benzene rings is 1. The first-order valence-electron chi connectivity index (χ1n) is 11.6.